The van der Waals surface area contributed by atoms with Gasteiger partial charge in [0.25, 0.3) is 0 Å². The number of amides is 2. The quantitative estimate of drug-likeness (QED) is 0.672. The molecule has 0 bridgehead atoms. The van der Waals surface area contributed by atoms with Crippen LogP contribution in [0.4, 0.5) is 5.69 Å². The number of benzene rings is 1. The standard InChI is InChI=1S/C22H31N5O3/c1-4-30-20-10-6-5-8-17(20)24-22(29)21(28)23-16-19(18-9-7-11-26(18)3)27-14-12-25(2)13-15-27/h5-11,19H,4,12-16H2,1-3H3,(H,23,28)(H,24,29). The van der Waals surface area contributed by atoms with Gasteiger partial charge in [0.1, 0.15) is 5.75 Å². The molecule has 1 aromatic carbocycles. The Morgan fingerprint density at radius 1 is 1.03 bits per heavy atom. The Labute approximate surface area is 177 Å². The van der Waals surface area contributed by atoms with Crippen LogP contribution in [0.1, 0.15) is 18.7 Å². The number of hydrogen-bond donors (Lipinski definition) is 2. The molecule has 1 aromatic heterocycles. The van der Waals surface area contributed by atoms with Crippen LogP contribution in [0.5, 0.6) is 5.75 Å². The number of aryl methyl sites for hydroxylation is 1. The fourth-order valence-corrected chi connectivity index (χ4v) is 3.67. The van der Waals surface area contributed by atoms with E-state index in [0.29, 0.717) is 24.6 Å². The maximum Gasteiger partial charge on any atom is 0.313 e. The number of nitrogens with one attached hydrogen (secondary N) is 2. The number of carbonyl (C=O) groups excluding carboxylic acids is 2. The Morgan fingerprint density at radius 2 is 1.77 bits per heavy atom. The average Bonchev–Trinajstić information content (AvgIpc) is 3.16. The summed E-state index contributed by atoms with van der Waals surface area (Å²) in [7, 11) is 4.11. The molecule has 2 heterocycles. The van der Waals surface area contributed by atoms with Gasteiger partial charge in [0.2, 0.25) is 0 Å². The summed E-state index contributed by atoms with van der Waals surface area (Å²) in [5.74, 6) is -0.818. The third kappa shape index (κ3) is 5.40. The van der Waals surface area contributed by atoms with Crippen LogP contribution in [-0.4, -0.2) is 72.6 Å². The topological polar surface area (TPSA) is 78.8 Å². The number of piperazine rings is 1. The molecule has 0 aliphatic carbocycles. The molecule has 1 atom stereocenters. The third-order valence-corrected chi connectivity index (χ3v) is 5.40. The molecule has 1 unspecified atom stereocenters. The zero-order valence-electron chi connectivity index (χ0n) is 17.9. The lowest BCUT2D eigenvalue weighted by atomic mass is 10.1. The summed E-state index contributed by atoms with van der Waals surface area (Å²) in [4.78, 5) is 29.6. The Bertz CT molecular complexity index is 858. The normalized spacial score (nSPS) is 16.1. The van der Waals surface area contributed by atoms with Crippen molar-refractivity contribution in [1.29, 1.82) is 0 Å². The molecule has 2 aromatic rings. The predicted octanol–water partition coefficient (Wildman–Crippen LogP) is 1.47. The SMILES string of the molecule is CCOc1ccccc1NC(=O)C(=O)NCC(c1cccn1C)N1CCN(C)CC1. The van der Waals surface area contributed by atoms with E-state index < -0.39 is 11.8 Å². The number of ether oxygens (including phenoxy) is 1. The second kappa shape index (κ2) is 10.3. The van der Waals surface area contributed by atoms with Gasteiger partial charge in [0.05, 0.1) is 18.3 Å². The summed E-state index contributed by atoms with van der Waals surface area (Å²) in [5, 5.41) is 5.47. The van der Waals surface area contributed by atoms with Crippen LogP contribution in [0.15, 0.2) is 42.6 Å². The van der Waals surface area contributed by atoms with Crippen LogP contribution < -0.4 is 15.4 Å². The summed E-state index contributed by atoms with van der Waals surface area (Å²) in [6.45, 7) is 6.48. The molecule has 2 N–H and O–H groups in total. The summed E-state index contributed by atoms with van der Waals surface area (Å²) < 4.78 is 7.57. The smallest absolute Gasteiger partial charge is 0.313 e. The van der Waals surface area contributed by atoms with Gasteiger partial charge in [-0.2, -0.15) is 0 Å². The van der Waals surface area contributed by atoms with Crippen molar-refractivity contribution >= 4 is 17.5 Å². The number of rotatable bonds is 7. The number of anilines is 1. The van der Waals surface area contributed by atoms with Gasteiger partial charge >= 0.3 is 11.8 Å². The van der Waals surface area contributed by atoms with Gasteiger partial charge < -0.3 is 24.8 Å². The van der Waals surface area contributed by atoms with E-state index in [2.05, 4.69) is 38.1 Å². The zero-order valence-corrected chi connectivity index (χ0v) is 17.9. The van der Waals surface area contributed by atoms with E-state index in [0.717, 1.165) is 31.9 Å². The highest BCUT2D eigenvalue weighted by molar-refractivity contribution is 6.39. The maximum absolute atomic E-state index is 12.5. The molecule has 0 spiro atoms. The van der Waals surface area contributed by atoms with Gasteiger partial charge in [-0.1, -0.05) is 12.1 Å². The van der Waals surface area contributed by atoms with Gasteiger partial charge in [-0.3, -0.25) is 14.5 Å². The van der Waals surface area contributed by atoms with E-state index in [-0.39, 0.29) is 6.04 Å². The van der Waals surface area contributed by atoms with Gasteiger partial charge in [-0.05, 0) is 38.2 Å². The molecular weight excluding hydrogens is 382 g/mol. The average molecular weight is 414 g/mol. The van der Waals surface area contributed by atoms with Crippen molar-refractivity contribution in [1.82, 2.24) is 19.7 Å². The number of aromatic nitrogens is 1. The number of carbonyl (C=O) groups is 2. The second-order valence-corrected chi connectivity index (χ2v) is 7.49. The van der Waals surface area contributed by atoms with Crippen molar-refractivity contribution in [2.75, 3.05) is 51.7 Å². The van der Waals surface area contributed by atoms with E-state index in [1.165, 1.54) is 0 Å². The first-order valence-corrected chi connectivity index (χ1v) is 10.3. The molecular formula is C22H31N5O3. The molecule has 1 fully saturated rings. The van der Waals surface area contributed by atoms with Gasteiger partial charge in [-0.25, -0.2) is 0 Å². The molecule has 1 aliphatic heterocycles. The lowest BCUT2D eigenvalue weighted by Crippen LogP contribution is -2.49. The van der Waals surface area contributed by atoms with E-state index in [9.17, 15) is 9.59 Å². The van der Waals surface area contributed by atoms with Crippen molar-refractivity contribution in [2.45, 2.75) is 13.0 Å². The highest BCUT2D eigenvalue weighted by atomic mass is 16.5. The van der Waals surface area contributed by atoms with Gasteiger partial charge in [-0.15, -0.1) is 0 Å². The molecule has 1 aliphatic rings. The van der Waals surface area contributed by atoms with Crippen molar-refractivity contribution in [2.24, 2.45) is 7.05 Å². The molecule has 8 nitrogen and oxygen atoms in total. The highest BCUT2D eigenvalue weighted by Gasteiger charge is 2.27. The van der Waals surface area contributed by atoms with Crippen LogP contribution in [0.25, 0.3) is 0 Å². The Balaban J connectivity index is 1.64. The molecule has 1 saturated heterocycles. The molecule has 3 rings (SSSR count). The highest BCUT2D eigenvalue weighted by Crippen LogP contribution is 2.24. The molecule has 2 amide bonds. The summed E-state index contributed by atoms with van der Waals surface area (Å²) >= 11 is 0. The van der Waals surface area contributed by atoms with E-state index in [1.807, 2.05) is 32.3 Å². The first kappa shape index (κ1) is 21.9. The summed E-state index contributed by atoms with van der Waals surface area (Å²) in [6, 6.07) is 11.1. The van der Waals surface area contributed by atoms with Crippen molar-refractivity contribution < 1.29 is 14.3 Å². The largest absolute Gasteiger partial charge is 0.492 e. The number of nitrogens with zero attached hydrogens (tertiary/aromatic N) is 3. The fraction of sp³-hybridized carbons (Fsp3) is 0.455. The monoisotopic (exact) mass is 413 g/mol. The lowest BCUT2D eigenvalue weighted by molar-refractivity contribution is -0.136. The number of para-hydroxylation sites is 2. The first-order valence-electron chi connectivity index (χ1n) is 10.3. The van der Waals surface area contributed by atoms with Gasteiger partial charge in [0, 0.05) is 51.7 Å². The van der Waals surface area contributed by atoms with Crippen molar-refractivity contribution in [3.63, 3.8) is 0 Å². The maximum atomic E-state index is 12.5. The fourth-order valence-electron chi connectivity index (χ4n) is 3.67. The minimum absolute atomic E-state index is 0.00570. The summed E-state index contributed by atoms with van der Waals surface area (Å²) in [6.07, 6.45) is 2.00. The van der Waals surface area contributed by atoms with Crippen LogP contribution in [0.3, 0.4) is 0 Å². The number of likely N-dealkylation sites (N-methyl/N-ethyl adjacent to an activating group) is 1. The Hall–Kier alpha value is -2.84. The molecule has 30 heavy (non-hydrogen) atoms. The minimum Gasteiger partial charge on any atom is -0.492 e. The molecule has 162 valence electrons. The molecule has 8 heteroatoms. The lowest BCUT2D eigenvalue weighted by Gasteiger charge is -2.38. The van der Waals surface area contributed by atoms with E-state index >= 15 is 0 Å². The Kier molecular flexibility index (Phi) is 7.48. The summed E-state index contributed by atoms with van der Waals surface area (Å²) in [5.41, 5.74) is 1.60. The van der Waals surface area contributed by atoms with Crippen molar-refractivity contribution in [3.8, 4) is 5.75 Å². The van der Waals surface area contributed by atoms with Gasteiger partial charge in [0.15, 0.2) is 0 Å². The van der Waals surface area contributed by atoms with Crippen LogP contribution >= 0.6 is 0 Å². The number of hydrogen-bond acceptors (Lipinski definition) is 5. The first-order chi connectivity index (χ1) is 14.5. The van der Waals surface area contributed by atoms with E-state index in [1.54, 1.807) is 18.2 Å². The second-order valence-electron chi connectivity index (χ2n) is 7.49. The van der Waals surface area contributed by atoms with Crippen molar-refractivity contribution in [3.05, 3.63) is 48.3 Å². The zero-order chi connectivity index (χ0) is 21.5. The Morgan fingerprint density at radius 3 is 2.43 bits per heavy atom. The van der Waals surface area contributed by atoms with Crippen LogP contribution in [-0.2, 0) is 16.6 Å². The molecule has 0 radical (unpaired) electrons. The third-order valence-electron chi connectivity index (χ3n) is 5.40. The van der Waals surface area contributed by atoms with Crippen LogP contribution in [0.2, 0.25) is 0 Å². The minimum atomic E-state index is -0.703. The van der Waals surface area contributed by atoms with E-state index in [4.69, 9.17) is 4.74 Å². The molecule has 0 saturated carbocycles. The van der Waals surface area contributed by atoms with Crippen LogP contribution in [0, 0.1) is 0 Å². The predicted molar refractivity (Wildman–Crippen MR) is 116 cm³/mol.